The lowest BCUT2D eigenvalue weighted by Crippen LogP contribution is -2.29. The van der Waals surface area contributed by atoms with Gasteiger partial charge in [-0.3, -0.25) is 4.39 Å². The van der Waals surface area contributed by atoms with Crippen molar-refractivity contribution in [1.29, 1.82) is 0 Å². The van der Waals surface area contributed by atoms with Crippen LogP contribution in [0.25, 0.3) is 0 Å². The van der Waals surface area contributed by atoms with E-state index in [1.165, 1.54) is 89.9 Å². The van der Waals surface area contributed by atoms with Gasteiger partial charge in [0, 0.05) is 6.07 Å². The fourth-order valence-electron chi connectivity index (χ4n) is 7.02. The molecule has 4 heteroatoms. The van der Waals surface area contributed by atoms with Gasteiger partial charge >= 0.3 is 0 Å². The van der Waals surface area contributed by atoms with Gasteiger partial charge in [-0.2, -0.15) is 0 Å². The zero-order valence-corrected chi connectivity index (χ0v) is 20.5. The average Bonchev–Trinajstić information content (AvgIpc) is 2.84. The molecule has 1 aromatic carbocycles. The van der Waals surface area contributed by atoms with Crippen molar-refractivity contribution in [3.05, 3.63) is 35.7 Å². The van der Waals surface area contributed by atoms with Gasteiger partial charge < -0.3 is 0 Å². The second-order valence-corrected chi connectivity index (χ2v) is 11.1. The van der Waals surface area contributed by atoms with Crippen molar-refractivity contribution >= 4 is 0 Å². The predicted octanol–water partition coefficient (Wildman–Crippen LogP) is 9.67. The van der Waals surface area contributed by atoms with Crippen LogP contribution in [0.3, 0.4) is 0 Å². The quantitative estimate of drug-likeness (QED) is 0.288. The first-order valence-electron chi connectivity index (χ1n) is 13.7. The summed E-state index contributed by atoms with van der Waals surface area (Å²) in [5.41, 5.74) is 0. The standard InChI is InChI=1S/C23H41F.C6H3F3/c1-2-3-18-4-8-20(9-5-18)22-12-14-23(15-13-22)21-10-6-19(7-11-21)16-17-24;7-4-1-2-5(8)6(9)3-4/h18-23H,2-17H2,1H3;1-3H. The van der Waals surface area contributed by atoms with E-state index in [1.807, 2.05) is 0 Å². The Kier molecular flexibility index (Phi) is 11.0. The van der Waals surface area contributed by atoms with E-state index in [0.717, 1.165) is 48.1 Å². The Bertz CT molecular complexity index is 632. The Labute approximate surface area is 198 Å². The largest absolute Gasteiger partial charge is 0.251 e. The molecule has 3 saturated carbocycles. The molecule has 1 aromatic rings. The van der Waals surface area contributed by atoms with E-state index < -0.39 is 17.5 Å². The van der Waals surface area contributed by atoms with E-state index in [0.29, 0.717) is 12.0 Å². The van der Waals surface area contributed by atoms with Crippen LogP contribution in [-0.4, -0.2) is 6.67 Å². The first-order valence-corrected chi connectivity index (χ1v) is 13.7. The molecule has 0 saturated heterocycles. The molecule has 0 aliphatic heterocycles. The number of halogens is 4. The fourth-order valence-corrected chi connectivity index (χ4v) is 7.02. The molecular formula is C29H44F4. The summed E-state index contributed by atoms with van der Waals surface area (Å²) < 4.78 is 48.4. The molecule has 0 amide bonds. The highest BCUT2D eigenvalue weighted by Crippen LogP contribution is 2.46. The van der Waals surface area contributed by atoms with Gasteiger partial charge in [-0.1, -0.05) is 45.4 Å². The van der Waals surface area contributed by atoms with Gasteiger partial charge in [-0.25, -0.2) is 13.2 Å². The minimum Gasteiger partial charge on any atom is -0.251 e. The third-order valence-electron chi connectivity index (χ3n) is 9.03. The Hall–Kier alpha value is -1.06. The zero-order valence-electron chi connectivity index (χ0n) is 20.5. The van der Waals surface area contributed by atoms with Gasteiger partial charge in [0.2, 0.25) is 0 Å². The highest BCUT2D eigenvalue weighted by Gasteiger charge is 2.34. The fraction of sp³-hybridized carbons (Fsp3) is 0.793. The average molecular weight is 469 g/mol. The monoisotopic (exact) mass is 468 g/mol. The van der Waals surface area contributed by atoms with Crippen LogP contribution in [0, 0.1) is 53.0 Å². The molecule has 3 aliphatic carbocycles. The van der Waals surface area contributed by atoms with Crippen molar-refractivity contribution in [2.75, 3.05) is 6.67 Å². The van der Waals surface area contributed by atoms with Crippen LogP contribution in [0.4, 0.5) is 17.6 Å². The second-order valence-electron chi connectivity index (χ2n) is 11.1. The molecule has 0 radical (unpaired) electrons. The molecule has 0 bridgehead atoms. The smallest absolute Gasteiger partial charge is 0.161 e. The number of alkyl halides is 1. The Morgan fingerprint density at radius 1 is 0.606 bits per heavy atom. The molecule has 4 rings (SSSR count). The third-order valence-corrected chi connectivity index (χ3v) is 9.03. The second kappa shape index (κ2) is 13.7. The van der Waals surface area contributed by atoms with Crippen LogP contribution in [0.1, 0.15) is 103 Å². The molecule has 0 N–H and O–H groups in total. The maximum atomic E-state index is 12.5. The molecule has 3 fully saturated rings. The SMILES string of the molecule is CCCC1CCC(C2CCC(C3CCC(CCF)CC3)CC2)CC1.Fc1ccc(F)c(F)c1. The summed E-state index contributed by atoms with van der Waals surface area (Å²) in [6.45, 7) is 2.25. The van der Waals surface area contributed by atoms with Gasteiger partial charge in [0.05, 0.1) is 6.67 Å². The molecule has 0 spiro atoms. The molecule has 0 heterocycles. The predicted molar refractivity (Wildman–Crippen MR) is 128 cm³/mol. The minimum absolute atomic E-state index is 0.0963. The minimum atomic E-state index is -1.16. The van der Waals surface area contributed by atoms with Crippen LogP contribution in [-0.2, 0) is 0 Å². The van der Waals surface area contributed by atoms with Crippen molar-refractivity contribution in [2.45, 2.75) is 103 Å². The van der Waals surface area contributed by atoms with Gasteiger partial charge in [0.15, 0.2) is 11.6 Å². The summed E-state index contributed by atoms with van der Waals surface area (Å²) >= 11 is 0. The highest BCUT2D eigenvalue weighted by atomic mass is 19.2. The summed E-state index contributed by atoms with van der Waals surface area (Å²) in [5.74, 6) is 2.94. The van der Waals surface area contributed by atoms with E-state index in [1.54, 1.807) is 0 Å². The summed E-state index contributed by atoms with van der Waals surface area (Å²) in [6.07, 6.45) is 21.3. The molecular weight excluding hydrogens is 424 g/mol. The lowest BCUT2D eigenvalue weighted by Gasteiger charge is -2.41. The van der Waals surface area contributed by atoms with E-state index in [4.69, 9.17) is 0 Å². The van der Waals surface area contributed by atoms with Gasteiger partial charge in [0.1, 0.15) is 5.82 Å². The van der Waals surface area contributed by atoms with Crippen molar-refractivity contribution in [3.8, 4) is 0 Å². The lowest BCUT2D eigenvalue weighted by atomic mass is 9.65. The number of hydrogen-bond donors (Lipinski definition) is 0. The van der Waals surface area contributed by atoms with Crippen LogP contribution in [0.5, 0.6) is 0 Å². The maximum Gasteiger partial charge on any atom is 0.161 e. The van der Waals surface area contributed by atoms with Crippen LogP contribution >= 0.6 is 0 Å². The summed E-state index contributed by atoms with van der Waals surface area (Å²) in [4.78, 5) is 0. The third kappa shape index (κ3) is 8.28. The Morgan fingerprint density at radius 2 is 1.03 bits per heavy atom. The van der Waals surface area contributed by atoms with Crippen LogP contribution < -0.4 is 0 Å². The molecule has 33 heavy (non-hydrogen) atoms. The van der Waals surface area contributed by atoms with Crippen molar-refractivity contribution in [2.24, 2.45) is 35.5 Å². The highest BCUT2D eigenvalue weighted by molar-refractivity contribution is 5.07. The first kappa shape index (κ1) is 26.5. The zero-order chi connectivity index (χ0) is 23.6. The van der Waals surface area contributed by atoms with Crippen molar-refractivity contribution in [3.63, 3.8) is 0 Å². The summed E-state index contributed by atoms with van der Waals surface area (Å²) in [6, 6.07) is 2.10. The van der Waals surface area contributed by atoms with E-state index >= 15 is 0 Å². The van der Waals surface area contributed by atoms with Gasteiger partial charge in [0.25, 0.3) is 0 Å². The lowest BCUT2D eigenvalue weighted by molar-refractivity contribution is 0.102. The van der Waals surface area contributed by atoms with Crippen LogP contribution in [0.2, 0.25) is 0 Å². The molecule has 3 aliphatic rings. The van der Waals surface area contributed by atoms with Crippen molar-refractivity contribution in [1.82, 2.24) is 0 Å². The summed E-state index contributed by atoms with van der Waals surface area (Å²) in [5, 5.41) is 0. The molecule has 188 valence electrons. The number of hydrogen-bond acceptors (Lipinski definition) is 0. The molecule has 0 aromatic heterocycles. The van der Waals surface area contributed by atoms with E-state index in [-0.39, 0.29) is 6.67 Å². The van der Waals surface area contributed by atoms with Gasteiger partial charge in [-0.15, -0.1) is 0 Å². The molecule has 0 atom stereocenters. The van der Waals surface area contributed by atoms with Gasteiger partial charge in [-0.05, 0) is 105 Å². The topological polar surface area (TPSA) is 0 Å². The molecule has 0 nitrogen and oxygen atoms in total. The normalized spacial score (nSPS) is 32.6. The van der Waals surface area contributed by atoms with E-state index in [2.05, 4.69) is 6.92 Å². The van der Waals surface area contributed by atoms with E-state index in [9.17, 15) is 17.6 Å². The first-order chi connectivity index (χ1) is 16.0. The maximum absolute atomic E-state index is 12.5. The number of rotatable bonds is 6. The summed E-state index contributed by atoms with van der Waals surface area (Å²) in [7, 11) is 0. The Balaban J connectivity index is 0.000000286. The number of benzene rings is 1. The van der Waals surface area contributed by atoms with Crippen molar-refractivity contribution < 1.29 is 17.6 Å². The van der Waals surface area contributed by atoms with Crippen LogP contribution in [0.15, 0.2) is 18.2 Å². The molecule has 0 unspecified atom stereocenters. The Morgan fingerprint density at radius 3 is 1.39 bits per heavy atom.